The smallest absolute Gasteiger partial charge is 0.372 e. The number of halogens is 2. The van der Waals surface area contributed by atoms with Crippen LogP contribution in [0.25, 0.3) is 4.96 Å². The first-order valence-corrected chi connectivity index (χ1v) is 5.68. The van der Waals surface area contributed by atoms with Crippen LogP contribution in [0.3, 0.4) is 0 Å². The van der Waals surface area contributed by atoms with E-state index in [1.54, 1.807) is 5.38 Å². The van der Waals surface area contributed by atoms with Gasteiger partial charge in [0, 0.05) is 11.9 Å². The molecular formula is C8H8F2N4O3S. The molecule has 0 aliphatic heterocycles. The number of nitrogens with zero attached hydrogens (tertiary/aromatic N) is 3. The van der Waals surface area contributed by atoms with Gasteiger partial charge in [0.25, 0.3) is 11.4 Å². The quantitative estimate of drug-likeness (QED) is 0.636. The van der Waals surface area contributed by atoms with E-state index in [-0.39, 0.29) is 11.6 Å². The van der Waals surface area contributed by atoms with Gasteiger partial charge in [-0.3, -0.25) is 0 Å². The Balaban J connectivity index is 2.24. The minimum absolute atomic E-state index is 0.133. The summed E-state index contributed by atoms with van der Waals surface area (Å²) in [4.78, 5) is 14.5. The highest BCUT2D eigenvalue weighted by Crippen LogP contribution is 2.27. The van der Waals surface area contributed by atoms with Crippen molar-refractivity contribution in [3.05, 3.63) is 21.7 Å². The second-order valence-electron chi connectivity index (χ2n) is 3.38. The summed E-state index contributed by atoms with van der Waals surface area (Å²) in [5, 5.41) is 23.8. The molecule has 1 atom stereocenters. The molecule has 2 rings (SSSR count). The predicted octanol–water partition coefficient (Wildman–Crippen LogP) is 1.34. The van der Waals surface area contributed by atoms with Crippen LogP contribution in [0.1, 0.15) is 0 Å². The van der Waals surface area contributed by atoms with E-state index in [9.17, 15) is 18.9 Å². The van der Waals surface area contributed by atoms with Crippen molar-refractivity contribution in [1.82, 2.24) is 9.38 Å². The number of thiazole rings is 1. The Labute approximate surface area is 103 Å². The number of fused-ring (bicyclic) bond motifs is 1. The molecule has 1 unspecified atom stereocenters. The molecule has 0 saturated carbocycles. The number of alkyl halides is 2. The largest absolute Gasteiger partial charge is 0.385 e. The predicted molar refractivity (Wildman–Crippen MR) is 60.2 cm³/mol. The summed E-state index contributed by atoms with van der Waals surface area (Å²) in [5.74, 6) is -0.473. The molecule has 0 amide bonds. The molecule has 2 heterocycles. The number of imidazole rings is 1. The highest BCUT2D eigenvalue weighted by atomic mass is 32.1. The molecule has 0 aromatic carbocycles. The molecule has 98 valence electrons. The van der Waals surface area contributed by atoms with E-state index in [1.807, 2.05) is 0 Å². The summed E-state index contributed by atoms with van der Waals surface area (Å²) in [6.45, 7) is -0.511. The fourth-order valence-corrected chi connectivity index (χ4v) is 2.07. The molecule has 2 aromatic rings. The first-order chi connectivity index (χ1) is 8.50. The summed E-state index contributed by atoms with van der Waals surface area (Å²) in [5.41, 5.74) is 0. The highest BCUT2D eigenvalue weighted by molar-refractivity contribution is 7.15. The second kappa shape index (κ2) is 4.82. The van der Waals surface area contributed by atoms with Crippen molar-refractivity contribution in [1.29, 1.82) is 0 Å². The van der Waals surface area contributed by atoms with E-state index >= 15 is 0 Å². The minimum atomic E-state index is -2.92. The van der Waals surface area contributed by atoms with Crippen LogP contribution in [0, 0.1) is 10.1 Å². The van der Waals surface area contributed by atoms with Gasteiger partial charge in [-0.25, -0.2) is 8.78 Å². The van der Waals surface area contributed by atoms with Gasteiger partial charge in [-0.1, -0.05) is 11.3 Å². The lowest BCUT2D eigenvalue weighted by Gasteiger charge is -2.09. The van der Waals surface area contributed by atoms with Crippen molar-refractivity contribution < 1.29 is 18.8 Å². The van der Waals surface area contributed by atoms with Gasteiger partial charge in [0.05, 0.1) is 0 Å². The molecule has 10 heteroatoms. The van der Waals surface area contributed by atoms with Crippen molar-refractivity contribution in [3.8, 4) is 0 Å². The number of hydrogen-bond acceptors (Lipinski definition) is 6. The van der Waals surface area contributed by atoms with Crippen LogP contribution in [0.2, 0.25) is 0 Å². The van der Waals surface area contributed by atoms with Crippen molar-refractivity contribution in [2.75, 3.05) is 11.9 Å². The highest BCUT2D eigenvalue weighted by Gasteiger charge is 2.25. The first-order valence-electron chi connectivity index (χ1n) is 4.80. The summed E-state index contributed by atoms with van der Waals surface area (Å²) in [7, 11) is 0. The van der Waals surface area contributed by atoms with Crippen LogP contribution in [0.15, 0.2) is 11.6 Å². The molecule has 0 fully saturated rings. The summed E-state index contributed by atoms with van der Waals surface area (Å²) < 4.78 is 25.4. The number of aliphatic hydroxyl groups is 1. The Bertz CT molecular complexity index is 570. The standard InChI is InChI=1S/C8H8F2N4O3S/c9-5(10)4(15)3-11-6-7(14(16)17)13-1-2-18-8(13)12-6/h1-2,4-5,11,15H,3H2. The number of nitrogens with one attached hydrogen (secondary N) is 1. The van der Waals surface area contributed by atoms with Crippen LogP contribution < -0.4 is 5.32 Å². The van der Waals surface area contributed by atoms with Gasteiger partial charge >= 0.3 is 5.82 Å². The van der Waals surface area contributed by atoms with Crippen molar-refractivity contribution in [2.24, 2.45) is 0 Å². The fraction of sp³-hybridized carbons (Fsp3) is 0.375. The third kappa shape index (κ3) is 2.24. The number of nitro groups is 1. The lowest BCUT2D eigenvalue weighted by Crippen LogP contribution is -2.27. The number of aliphatic hydroxyl groups excluding tert-OH is 1. The molecule has 7 nitrogen and oxygen atoms in total. The van der Waals surface area contributed by atoms with Crippen molar-refractivity contribution in [2.45, 2.75) is 12.5 Å². The zero-order valence-electron chi connectivity index (χ0n) is 8.79. The van der Waals surface area contributed by atoms with Gasteiger partial charge in [-0.05, 0) is 4.92 Å². The van der Waals surface area contributed by atoms with Crippen LogP contribution in [-0.4, -0.2) is 38.5 Å². The molecular weight excluding hydrogens is 270 g/mol. The summed E-state index contributed by atoms with van der Waals surface area (Å²) >= 11 is 1.18. The minimum Gasteiger partial charge on any atom is -0.385 e. The molecule has 0 aliphatic rings. The van der Waals surface area contributed by atoms with Gasteiger partial charge in [0.2, 0.25) is 5.82 Å². The van der Waals surface area contributed by atoms with Gasteiger partial charge in [0.15, 0.2) is 0 Å². The van der Waals surface area contributed by atoms with Crippen LogP contribution in [0.5, 0.6) is 0 Å². The van der Waals surface area contributed by atoms with Crippen LogP contribution in [0.4, 0.5) is 20.4 Å². The van der Waals surface area contributed by atoms with Gasteiger partial charge in [-0.15, -0.1) is 0 Å². The van der Waals surface area contributed by atoms with Gasteiger partial charge in [-0.2, -0.15) is 9.38 Å². The monoisotopic (exact) mass is 278 g/mol. The SMILES string of the molecule is O=[N+]([O-])c1c(NCC(O)C(F)F)nc2sccn12. The van der Waals surface area contributed by atoms with Crippen LogP contribution >= 0.6 is 11.3 Å². The Morgan fingerprint density at radius 2 is 2.39 bits per heavy atom. The molecule has 0 bridgehead atoms. The Kier molecular flexibility index (Phi) is 3.39. The Hall–Kier alpha value is -1.81. The fourth-order valence-electron chi connectivity index (χ4n) is 1.36. The lowest BCUT2D eigenvalue weighted by molar-refractivity contribution is -0.389. The summed E-state index contributed by atoms with van der Waals surface area (Å²) in [6, 6.07) is 0. The third-order valence-electron chi connectivity index (χ3n) is 2.18. The number of rotatable bonds is 5. The Morgan fingerprint density at radius 3 is 3.00 bits per heavy atom. The van der Waals surface area contributed by atoms with E-state index in [1.165, 1.54) is 21.9 Å². The van der Waals surface area contributed by atoms with Crippen molar-refractivity contribution in [3.63, 3.8) is 0 Å². The molecule has 0 saturated heterocycles. The number of hydrogen-bond donors (Lipinski definition) is 2. The molecule has 2 N–H and O–H groups in total. The maximum Gasteiger partial charge on any atom is 0.372 e. The zero-order chi connectivity index (χ0) is 13.3. The van der Waals surface area contributed by atoms with E-state index in [4.69, 9.17) is 5.11 Å². The maximum absolute atomic E-state index is 12.1. The molecule has 2 aromatic heterocycles. The average molecular weight is 278 g/mol. The van der Waals surface area contributed by atoms with E-state index in [0.717, 1.165) is 0 Å². The summed E-state index contributed by atoms with van der Waals surface area (Å²) in [6.07, 6.45) is -3.36. The van der Waals surface area contributed by atoms with E-state index in [0.29, 0.717) is 4.96 Å². The van der Waals surface area contributed by atoms with E-state index < -0.39 is 24.0 Å². The molecule has 0 radical (unpaired) electrons. The topological polar surface area (TPSA) is 92.7 Å². The molecule has 0 aliphatic carbocycles. The number of aromatic nitrogens is 2. The second-order valence-corrected chi connectivity index (χ2v) is 4.25. The number of anilines is 1. The van der Waals surface area contributed by atoms with Crippen LogP contribution in [-0.2, 0) is 0 Å². The van der Waals surface area contributed by atoms with Crippen molar-refractivity contribution >= 4 is 27.9 Å². The normalized spacial score (nSPS) is 13.1. The molecule has 0 spiro atoms. The Morgan fingerprint density at radius 1 is 1.67 bits per heavy atom. The van der Waals surface area contributed by atoms with Gasteiger partial charge in [0.1, 0.15) is 12.3 Å². The van der Waals surface area contributed by atoms with E-state index in [2.05, 4.69) is 10.3 Å². The third-order valence-corrected chi connectivity index (χ3v) is 2.94. The zero-order valence-corrected chi connectivity index (χ0v) is 9.60. The molecule has 18 heavy (non-hydrogen) atoms. The average Bonchev–Trinajstić information content (AvgIpc) is 2.83. The first kappa shape index (κ1) is 12.6. The lowest BCUT2D eigenvalue weighted by atomic mass is 10.3. The maximum atomic E-state index is 12.1. The van der Waals surface area contributed by atoms with Gasteiger partial charge < -0.3 is 20.5 Å².